The first kappa shape index (κ1) is 15.7. The summed E-state index contributed by atoms with van der Waals surface area (Å²) in [6.45, 7) is 0. The summed E-state index contributed by atoms with van der Waals surface area (Å²) < 4.78 is 41.1. The average molecular weight is 332 g/mol. The lowest BCUT2D eigenvalue weighted by Gasteiger charge is -2.11. The van der Waals surface area contributed by atoms with Crippen LogP contribution in [0.15, 0.2) is 54.6 Å². The van der Waals surface area contributed by atoms with Crippen LogP contribution in [0.1, 0.15) is 0 Å². The molecule has 5 nitrogen and oxygen atoms in total. The number of ether oxygens (including phenoxy) is 1. The number of hydrogen-bond acceptors (Lipinski definition) is 5. The summed E-state index contributed by atoms with van der Waals surface area (Å²) in [7, 11) is 0. The molecule has 0 fully saturated rings. The van der Waals surface area contributed by atoms with Crippen molar-refractivity contribution < 1.29 is 17.9 Å². The number of halogens is 3. The second kappa shape index (κ2) is 6.15. The van der Waals surface area contributed by atoms with Crippen molar-refractivity contribution >= 4 is 5.95 Å². The first-order valence-electron chi connectivity index (χ1n) is 6.84. The quantitative estimate of drug-likeness (QED) is 0.792. The van der Waals surface area contributed by atoms with Crippen molar-refractivity contribution in [1.29, 1.82) is 0 Å². The number of rotatable bonds is 3. The van der Waals surface area contributed by atoms with Crippen molar-refractivity contribution in [3.8, 4) is 28.3 Å². The maximum atomic E-state index is 12.4. The first-order chi connectivity index (χ1) is 11.4. The van der Waals surface area contributed by atoms with E-state index >= 15 is 0 Å². The predicted molar refractivity (Wildman–Crippen MR) is 81.8 cm³/mol. The van der Waals surface area contributed by atoms with E-state index in [4.69, 9.17) is 5.73 Å². The molecular weight excluding hydrogens is 321 g/mol. The lowest BCUT2D eigenvalue weighted by atomic mass is 10.0. The Bertz CT molecular complexity index is 853. The Labute approximate surface area is 134 Å². The summed E-state index contributed by atoms with van der Waals surface area (Å²) in [6.07, 6.45) is -4.77. The molecule has 0 aliphatic carbocycles. The minimum absolute atomic E-state index is 0.0275. The molecule has 24 heavy (non-hydrogen) atoms. The third-order valence-corrected chi connectivity index (χ3v) is 3.09. The summed E-state index contributed by atoms with van der Waals surface area (Å²) in [6, 6.07) is 14.5. The van der Waals surface area contributed by atoms with Crippen LogP contribution in [-0.2, 0) is 0 Å². The van der Waals surface area contributed by atoms with Crippen LogP contribution >= 0.6 is 0 Å². The number of anilines is 1. The molecule has 3 aromatic rings. The van der Waals surface area contributed by atoms with Gasteiger partial charge in [0.2, 0.25) is 5.95 Å². The number of aromatic nitrogens is 3. The Morgan fingerprint density at radius 2 is 1.54 bits per heavy atom. The van der Waals surface area contributed by atoms with Crippen LogP contribution in [0, 0.1) is 0 Å². The molecule has 3 rings (SSSR count). The van der Waals surface area contributed by atoms with Crippen LogP contribution in [0.5, 0.6) is 5.75 Å². The standard InChI is InChI=1S/C16H11F3N4O/c17-16(18,19)24-12-8-4-7-11(9-12)14-13(21-15(20)23-22-14)10-5-2-1-3-6-10/h1-9H,(H2,20,21,23). The smallest absolute Gasteiger partial charge is 0.406 e. The molecule has 0 aliphatic rings. The highest BCUT2D eigenvalue weighted by Crippen LogP contribution is 2.32. The van der Waals surface area contributed by atoms with Crippen LogP contribution in [0.3, 0.4) is 0 Å². The van der Waals surface area contributed by atoms with Gasteiger partial charge in [-0.15, -0.1) is 23.4 Å². The first-order valence-corrected chi connectivity index (χ1v) is 6.84. The zero-order valence-corrected chi connectivity index (χ0v) is 12.2. The van der Waals surface area contributed by atoms with E-state index in [1.54, 1.807) is 30.3 Å². The lowest BCUT2D eigenvalue weighted by Crippen LogP contribution is -2.17. The Morgan fingerprint density at radius 1 is 0.833 bits per heavy atom. The Balaban J connectivity index is 2.09. The minimum Gasteiger partial charge on any atom is -0.406 e. The molecule has 0 saturated carbocycles. The van der Waals surface area contributed by atoms with Gasteiger partial charge in [-0.05, 0) is 12.1 Å². The largest absolute Gasteiger partial charge is 0.573 e. The van der Waals surface area contributed by atoms with Crippen LogP contribution in [0.25, 0.3) is 22.5 Å². The molecule has 1 aromatic heterocycles. The van der Waals surface area contributed by atoms with Gasteiger partial charge in [-0.25, -0.2) is 4.98 Å². The highest BCUT2D eigenvalue weighted by molar-refractivity contribution is 5.78. The Hall–Kier alpha value is -3.16. The van der Waals surface area contributed by atoms with E-state index in [0.29, 0.717) is 17.0 Å². The summed E-state index contributed by atoms with van der Waals surface area (Å²) in [5, 5.41) is 7.69. The van der Waals surface area contributed by atoms with Crippen molar-refractivity contribution in [1.82, 2.24) is 15.2 Å². The Morgan fingerprint density at radius 3 is 2.25 bits per heavy atom. The monoisotopic (exact) mass is 332 g/mol. The van der Waals surface area contributed by atoms with Crippen molar-refractivity contribution in [2.75, 3.05) is 5.73 Å². The van der Waals surface area contributed by atoms with E-state index in [-0.39, 0.29) is 11.7 Å². The van der Waals surface area contributed by atoms with Crippen molar-refractivity contribution in [2.24, 2.45) is 0 Å². The number of nitrogen functional groups attached to an aromatic ring is 1. The number of alkyl halides is 3. The molecule has 0 bridgehead atoms. The third kappa shape index (κ3) is 3.60. The van der Waals surface area contributed by atoms with E-state index in [1.807, 2.05) is 6.07 Å². The molecule has 0 spiro atoms. The van der Waals surface area contributed by atoms with Gasteiger partial charge in [0.25, 0.3) is 0 Å². The fourth-order valence-corrected chi connectivity index (χ4v) is 2.17. The molecule has 8 heteroatoms. The number of nitrogens with zero attached hydrogens (tertiary/aromatic N) is 3. The van der Waals surface area contributed by atoms with E-state index < -0.39 is 6.36 Å². The molecule has 2 N–H and O–H groups in total. The molecule has 0 radical (unpaired) electrons. The lowest BCUT2D eigenvalue weighted by molar-refractivity contribution is -0.274. The third-order valence-electron chi connectivity index (χ3n) is 3.09. The van der Waals surface area contributed by atoms with Gasteiger partial charge in [0.15, 0.2) is 0 Å². The van der Waals surface area contributed by atoms with Gasteiger partial charge < -0.3 is 10.5 Å². The summed E-state index contributed by atoms with van der Waals surface area (Å²) in [4.78, 5) is 4.17. The molecule has 2 aromatic carbocycles. The highest BCUT2D eigenvalue weighted by atomic mass is 19.4. The second-order valence-corrected chi connectivity index (χ2v) is 4.81. The van der Waals surface area contributed by atoms with Gasteiger partial charge in [0, 0.05) is 11.1 Å². The van der Waals surface area contributed by atoms with Crippen LogP contribution in [0.4, 0.5) is 19.1 Å². The van der Waals surface area contributed by atoms with Gasteiger partial charge >= 0.3 is 6.36 Å². The molecule has 122 valence electrons. The molecule has 0 unspecified atom stereocenters. The zero-order chi connectivity index (χ0) is 17.2. The number of hydrogen-bond donors (Lipinski definition) is 1. The topological polar surface area (TPSA) is 73.9 Å². The van der Waals surface area contributed by atoms with Crippen LogP contribution in [-0.4, -0.2) is 21.5 Å². The summed E-state index contributed by atoms with van der Waals surface area (Å²) in [5.41, 5.74) is 7.43. The van der Waals surface area contributed by atoms with Gasteiger partial charge in [0.05, 0.1) is 0 Å². The maximum Gasteiger partial charge on any atom is 0.573 e. The molecule has 0 aliphatic heterocycles. The molecular formula is C16H11F3N4O. The number of benzene rings is 2. The average Bonchev–Trinajstić information content (AvgIpc) is 2.54. The molecule has 1 heterocycles. The normalized spacial score (nSPS) is 11.3. The Kier molecular flexibility index (Phi) is 4.03. The zero-order valence-electron chi connectivity index (χ0n) is 12.2. The summed E-state index contributed by atoms with van der Waals surface area (Å²) in [5.74, 6) is -0.377. The fourth-order valence-electron chi connectivity index (χ4n) is 2.17. The van der Waals surface area contributed by atoms with Gasteiger partial charge in [-0.2, -0.15) is 0 Å². The van der Waals surface area contributed by atoms with Crippen molar-refractivity contribution in [2.45, 2.75) is 6.36 Å². The van der Waals surface area contributed by atoms with Gasteiger partial charge in [-0.1, -0.05) is 42.5 Å². The minimum atomic E-state index is -4.77. The van der Waals surface area contributed by atoms with Crippen molar-refractivity contribution in [3.63, 3.8) is 0 Å². The second-order valence-electron chi connectivity index (χ2n) is 4.81. The van der Waals surface area contributed by atoms with Gasteiger partial charge in [0.1, 0.15) is 17.1 Å². The highest BCUT2D eigenvalue weighted by Gasteiger charge is 2.31. The molecule has 0 amide bonds. The summed E-state index contributed by atoms with van der Waals surface area (Å²) >= 11 is 0. The van der Waals surface area contributed by atoms with Crippen LogP contribution < -0.4 is 10.5 Å². The van der Waals surface area contributed by atoms with E-state index in [1.165, 1.54) is 18.2 Å². The van der Waals surface area contributed by atoms with Crippen LogP contribution in [0.2, 0.25) is 0 Å². The van der Waals surface area contributed by atoms with Crippen molar-refractivity contribution in [3.05, 3.63) is 54.6 Å². The molecule has 0 saturated heterocycles. The van der Waals surface area contributed by atoms with E-state index in [2.05, 4.69) is 19.9 Å². The van der Waals surface area contributed by atoms with Gasteiger partial charge in [-0.3, -0.25) is 0 Å². The van der Waals surface area contributed by atoms with E-state index in [9.17, 15) is 13.2 Å². The molecule has 0 atom stereocenters. The predicted octanol–water partition coefficient (Wildman–Crippen LogP) is 3.69. The maximum absolute atomic E-state index is 12.4. The van der Waals surface area contributed by atoms with E-state index in [0.717, 1.165) is 5.56 Å². The fraction of sp³-hybridized carbons (Fsp3) is 0.0625. The number of nitrogens with two attached hydrogens (primary N) is 1. The SMILES string of the molecule is Nc1nnc(-c2cccc(OC(F)(F)F)c2)c(-c2ccccc2)n1.